The molecule has 2 aromatic carbocycles. The third-order valence-electron chi connectivity index (χ3n) is 5.10. The third kappa shape index (κ3) is 4.72. The van der Waals surface area contributed by atoms with Gasteiger partial charge in [-0.25, -0.2) is 19.0 Å². The summed E-state index contributed by atoms with van der Waals surface area (Å²) >= 11 is 0. The summed E-state index contributed by atoms with van der Waals surface area (Å²) in [7, 11) is 2.79. The van der Waals surface area contributed by atoms with Gasteiger partial charge in [-0.15, -0.1) is 5.10 Å². The van der Waals surface area contributed by atoms with Crippen LogP contribution in [0.3, 0.4) is 0 Å². The molecule has 2 aromatic heterocycles. The Kier molecular flexibility index (Phi) is 6.53. The average Bonchev–Trinajstić information content (AvgIpc) is 3.29. The van der Waals surface area contributed by atoms with E-state index in [0.29, 0.717) is 16.9 Å². The van der Waals surface area contributed by atoms with E-state index in [0.717, 1.165) is 5.69 Å². The Labute approximate surface area is 195 Å². The highest BCUT2D eigenvalue weighted by atomic mass is 19.1. The van der Waals surface area contributed by atoms with Crippen LogP contribution >= 0.6 is 0 Å². The molecule has 0 radical (unpaired) electrons. The molecule has 0 aliphatic carbocycles. The molecule has 0 saturated heterocycles. The van der Waals surface area contributed by atoms with E-state index in [9.17, 15) is 4.79 Å². The minimum atomic E-state index is -0.627. The number of halogens is 1. The zero-order valence-electron chi connectivity index (χ0n) is 19.2. The van der Waals surface area contributed by atoms with Crippen molar-refractivity contribution in [1.29, 1.82) is 0 Å². The maximum Gasteiger partial charge on any atom is 0.246 e. The van der Waals surface area contributed by atoms with E-state index in [1.807, 2.05) is 13.8 Å². The molecule has 0 spiro atoms. The fourth-order valence-corrected chi connectivity index (χ4v) is 3.35. The molecule has 0 atom stereocenters. The molecule has 4 aromatic rings. The van der Waals surface area contributed by atoms with Gasteiger partial charge in [0.1, 0.15) is 18.7 Å². The minimum Gasteiger partial charge on any atom is -0.493 e. The normalized spacial score (nSPS) is 11.0. The number of benzene rings is 2. The number of nitrogens with one attached hydrogen (secondary N) is 2. The second kappa shape index (κ2) is 9.69. The maximum absolute atomic E-state index is 15.1. The zero-order chi connectivity index (χ0) is 24.2. The van der Waals surface area contributed by atoms with Crippen molar-refractivity contribution in [3.8, 4) is 11.5 Å². The standard InChI is InChI=1S/C23H24FN7O3/c1-13(2)17-10-31(30-29-17)11-19(32)27-14-5-7-15(8-6-14)28-23-20-16(25-12-26-23)9-18(33-3)22(34-4)21(20)24/h5-10,12-13H,11H2,1-4H3,(H,27,32)(H,25,26,28). The number of aromatic nitrogens is 5. The van der Waals surface area contributed by atoms with E-state index in [4.69, 9.17) is 9.47 Å². The smallest absolute Gasteiger partial charge is 0.246 e. The Morgan fingerprint density at radius 2 is 1.85 bits per heavy atom. The summed E-state index contributed by atoms with van der Waals surface area (Å²) < 4.78 is 27.0. The number of carbonyl (C=O) groups is 1. The molecule has 0 aliphatic rings. The van der Waals surface area contributed by atoms with Crippen LogP contribution in [0.15, 0.2) is 42.9 Å². The number of hydrogen-bond donors (Lipinski definition) is 2. The fraction of sp³-hybridized carbons (Fsp3) is 0.261. The van der Waals surface area contributed by atoms with Crippen molar-refractivity contribution in [3.05, 3.63) is 54.4 Å². The molecule has 2 heterocycles. The first-order valence-electron chi connectivity index (χ1n) is 10.5. The lowest BCUT2D eigenvalue weighted by Crippen LogP contribution is -2.19. The average molecular weight is 465 g/mol. The van der Waals surface area contributed by atoms with Crippen molar-refractivity contribution >= 4 is 34.0 Å². The number of nitrogens with zero attached hydrogens (tertiary/aromatic N) is 5. The van der Waals surface area contributed by atoms with E-state index >= 15 is 4.39 Å². The maximum atomic E-state index is 15.1. The highest BCUT2D eigenvalue weighted by Gasteiger charge is 2.19. The van der Waals surface area contributed by atoms with Gasteiger partial charge in [-0.3, -0.25) is 4.79 Å². The Morgan fingerprint density at radius 3 is 2.50 bits per heavy atom. The summed E-state index contributed by atoms with van der Waals surface area (Å²) in [5.41, 5.74) is 2.44. The largest absolute Gasteiger partial charge is 0.493 e. The Hall–Kier alpha value is -4.28. The van der Waals surface area contributed by atoms with Crippen LogP contribution in [-0.2, 0) is 11.3 Å². The van der Waals surface area contributed by atoms with Crippen molar-refractivity contribution in [1.82, 2.24) is 25.0 Å². The van der Waals surface area contributed by atoms with Gasteiger partial charge in [0.25, 0.3) is 0 Å². The number of hydrogen-bond acceptors (Lipinski definition) is 8. The number of amides is 1. The number of rotatable bonds is 8. The number of methoxy groups -OCH3 is 2. The summed E-state index contributed by atoms with van der Waals surface area (Å²) in [4.78, 5) is 20.7. The Morgan fingerprint density at radius 1 is 1.12 bits per heavy atom. The predicted molar refractivity (Wildman–Crippen MR) is 125 cm³/mol. The van der Waals surface area contributed by atoms with Crippen LogP contribution in [0, 0.1) is 5.82 Å². The van der Waals surface area contributed by atoms with E-state index in [1.165, 1.54) is 25.2 Å². The molecule has 0 unspecified atom stereocenters. The summed E-state index contributed by atoms with van der Waals surface area (Å²) in [5.74, 6) is -0.140. The summed E-state index contributed by atoms with van der Waals surface area (Å²) in [6.07, 6.45) is 3.09. The summed E-state index contributed by atoms with van der Waals surface area (Å²) in [6.45, 7) is 4.07. The lowest BCUT2D eigenvalue weighted by molar-refractivity contribution is -0.116. The van der Waals surface area contributed by atoms with Crippen LogP contribution in [0.1, 0.15) is 25.5 Å². The van der Waals surface area contributed by atoms with Gasteiger partial charge >= 0.3 is 0 Å². The van der Waals surface area contributed by atoms with Crippen LogP contribution in [0.5, 0.6) is 11.5 Å². The number of anilines is 3. The predicted octanol–water partition coefficient (Wildman–Crippen LogP) is 3.88. The molecule has 2 N–H and O–H groups in total. The molecule has 11 heteroatoms. The van der Waals surface area contributed by atoms with Gasteiger partial charge in [0.05, 0.1) is 30.8 Å². The van der Waals surface area contributed by atoms with E-state index < -0.39 is 5.82 Å². The molecule has 0 aliphatic heterocycles. The first-order valence-corrected chi connectivity index (χ1v) is 10.5. The van der Waals surface area contributed by atoms with Gasteiger partial charge in [-0.05, 0) is 30.2 Å². The van der Waals surface area contributed by atoms with Crippen LogP contribution in [0.2, 0.25) is 0 Å². The molecule has 176 valence electrons. The molecule has 0 bridgehead atoms. The van der Waals surface area contributed by atoms with Crippen molar-refractivity contribution in [2.75, 3.05) is 24.9 Å². The molecule has 34 heavy (non-hydrogen) atoms. The molecular formula is C23H24FN7O3. The first-order chi connectivity index (χ1) is 16.4. The number of carbonyl (C=O) groups excluding carboxylic acids is 1. The van der Waals surface area contributed by atoms with Crippen LogP contribution < -0.4 is 20.1 Å². The SMILES string of the molecule is COc1cc2ncnc(Nc3ccc(NC(=O)Cn4cc(C(C)C)nn4)cc3)c2c(F)c1OC. The van der Waals surface area contributed by atoms with Gasteiger partial charge in [-0.1, -0.05) is 19.1 Å². The van der Waals surface area contributed by atoms with Crippen LogP contribution in [-0.4, -0.2) is 45.1 Å². The van der Waals surface area contributed by atoms with Gasteiger partial charge < -0.3 is 20.1 Å². The minimum absolute atomic E-state index is 0.0289. The van der Waals surface area contributed by atoms with Crippen molar-refractivity contribution in [2.45, 2.75) is 26.3 Å². The highest BCUT2D eigenvalue weighted by molar-refractivity contribution is 5.94. The van der Waals surface area contributed by atoms with Gasteiger partial charge in [-0.2, -0.15) is 0 Å². The first kappa shape index (κ1) is 22.9. The van der Waals surface area contributed by atoms with Crippen molar-refractivity contribution in [3.63, 3.8) is 0 Å². The molecule has 0 saturated carbocycles. The van der Waals surface area contributed by atoms with E-state index in [1.54, 1.807) is 36.5 Å². The topological polar surface area (TPSA) is 116 Å². The van der Waals surface area contributed by atoms with Crippen LogP contribution in [0.4, 0.5) is 21.6 Å². The Balaban J connectivity index is 1.49. The number of fused-ring (bicyclic) bond motifs is 1. The monoisotopic (exact) mass is 465 g/mol. The van der Waals surface area contributed by atoms with Crippen LogP contribution in [0.25, 0.3) is 10.9 Å². The van der Waals surface area contributed by atoms with Gasteiger partial charge in [0.2, 0.25) is 5.91 Å². The molecular weight excluding hydrogens is 441 g/mol. The molecule has 1 amide bonds. The fourth-order valence-electron chi connectivity index (χ4n) is 3.35. The molecule has 10 nitrogen and oxygen atoms in total. The second-order valence-electron chi connectivity index (χ2n) is 7.79. The second-order valence-corrected chi connectivity index (χ2v) is 7.79. The highest BCUT2D eigenvalue weighted by Crippen LogP contribution is 2.38. The van der Waals surface area contributed by atoms with E-state index in [-0.39, 0.29) is 41.1 Å². The van der Waals surface area contributed by atoms with Crippen molar-refractivity contribution in [2.24, 2.45) is 0 Å². The van der Waals surface area contributed by atoms with Gasteiger partial charge in [0.15, 0.2) is 17.3 Å². The van der Waals surface area contributed by atoms with Crippen molar-refractivity contribution < 1.29 is 18.7 Å². The lowest BCUT2D eigenvalue weighted by atomic mass is 10.2. The molecule has 4 rings (SSSR count). The van der Waals surface area contributed by atoms with Gasteiger partial charge in [0, 0.05) is 23.6 Å². The molecule has 0 fully saturated rings. The number of ether oxygens (including phenoxy) is 2. The quantitative estimate of drug-likeness (QED) is 0.403. The third-order valence-corrected chi connectivity index (χ3v) is 5.10. The summed E-state index contributed by atoms with van der Waals surface area (Å²) in [6, 6.07) is 8.53. The Bertz CT molecular complexity index is 1320. The lowest BCUT2D eigenvalue weighted by Gasteiger charge is -2.14. The van der Waals surface area contributed by atoms with E-state index in [2.05, 4.69) is 30.9 Å². The summed E-state index contributed by atoms with van der Waals surface area (Å²) in [5, 5.41) is 14.1. The zero-order valence-corrected chi connectivity index (χ0v) is 19.2.